The van der Waals surface area contributed by atoms with Crippen LogP contribution in [0, 0.1) is 0 Å². The predicted octanol–water partition coefficient (Wildman–Crippen LogP) is 2.44. The summed E-state index contributed by atoms with van der Waals surface area (Å²) in [6.07, 6.45) is 4.09. The number of piperazine rings is 1. The molecular weight excluding hydrogens is 340 g/mol. The van der Waals surface area contributed by atoms with Crippen LogP contribution in [0.3, 0.4) is 0 Å². The number of pyridine rings is 1. The Balaban J connectivity index is 1.33. The Morgan fingerprint density at radius 2 is 1.85 bits per heavy atom. The van der Waals surface area contributed by atoms with Gasteiger partial charge in [-0.1, -0.05) is 18.2 Å². The van der Waals surface area contributed by atoms with Gasteiger partial charge >= 0.3 is 0 Å². The number of carbonyl (C=O) groups excluding carboxylic acids is 1. The second-order valence-electron chi connectivity index (χ2n) is 6.90. The van der Waals surface area contributed by atoms with Gasteiger partial charge in [-0.2, -0.15) is 0 Å². The minimum absolute atomic E-state index is 0.103. The van der Waals surface area contributed by atoms with E-state index in [9.17, 15) is 4.79 Å². The molecule has 0 saturated carbocycles. The number of amides is 1. The Labute approximate surface area is 159 Å². The number of fused-ring (bicyclic) bond motifs is 1. The van der Waals surface area contributed by atoms with E-state index in [1.807, 2.05) is 58.0 Å². The summed E-state index contributed by atoms with van der Waals surface area (Å²) in [5, 5.41) is 0. The molecule has 1 fully saturated rings. The molecule has 27 heavy (non-hydrogen) atoms. The number of benzene rings is 1. The zero-order valence-corrected chi connectivity index (χ0v) is 15.5. The lowest BCUT2D eigenvalue weighted by atomic mass is 10.1. The molecule has 0 aliphatic carbocycles. The molecule has 0 N–H and O–H groups in total. The van der Waals surface area contributed by atoms with E-state index < -0.39 is 0 Å². The van der Waals surface area contributed by atoms with Crippen LogP contribution < -0.4 is 0 Å². The highest BCUT2D eigenvalue weighted by molar-refractivity contribution is 5.94. The van der Waals surface area contributed by atoms with Crippen molar-refractivity contribution < 1.29 is 9.53 Å². The van der Waals surface area contributed by atoms with Crippen LogP contribution in [0.5, 0.6) is 0 Å². The first-order valence-corrected chi connectivity index (χ1v) is 9.25. The zero-order valence-electron chi connectivity index (χ0n) is 15.5. The minimum Gasteiger partial charge on any atom is -0.380 e. The van der Waals surface area contributed by atoms with Gasteiger partial charge in [-0.05, 0) is 29.8 Å². The minimum atomic E-state index is 0.103. The Bertz CT molecular complexity index is 878. The van der Waals surface area contributed by atoms with Gasteiger partial charge in [-0.25, -0.2) is 4.98 Å². The predicted molar refractivity (Wildman–Crippen MR) is 104 cm³/mol. The molecule has 4 rings (SSSR count). The summed E-state index contributed by atoms with van der Waals surface area (Å²) in [5.41, 5.74) is 3.85. The molecule has 0 atom stereocenters. The fourth-order valence-corrected chi connectivity index (χ4v) is 3.49. The van der Waals surface area contributed by atoms with Gasteiger partial charge in [0.2, 0.25) is 0 Å². The summed E-state index contributed by atoms with van der Waals surface area (Å²) in [6, 6.07) is 13.7. The van der Waals surface area contributed by atoms with Gasteiger partial charge in [0.05, 0.1) is 12.3 Å². The third kappa shape index (κ3) is 4.02. The first-order chi connectivity index (χ1) is 13.2. The molecule has 0 bridgehead atoms. The standard InChI is InChI=1S/C21H24N4O2/c1-27-16-17-5-7-18(8-6-17)21(26)24-12-10-23(11-13-24)14-19-15-25-9-3-2-4-20(25)22-19/h2-9,15H,10-14,16H2,1H3. The Morgan fingerprint density at radius 1 is 1.07 bits per heavy atom. The van der Waals surface area contributed by atoms with Gasteiger partial charge in [0, 0.05) is 57.8 Å². The number of imidazole rings is 1. The third-order valence-electron chi connectivity index (χ3n) is 4.97. The van der Waals surface area contributed by atoms with Crippen molar-refractivity contribution in [2.75, 3.05) is 33.3 Å². The van der Waals surface area contributed by atoms with Crippen LogP contribution in [0.25, 0.3) is 5.65 Å². The maximum atomic E-state index is 12.7. The zero-order chi connectivity index (χ0) is 18.6. The smallest absolute Gasteiger partial charge is 0.253 e. The number of nitrogens with zero attached hydrogens (tertiary/aromatic N) is 4. The fraction of sp³-hybridized carbons (Fsp3) is 0.333. The molecule has 1 saturated heterocycles. The van der Waals surface area contributed by atoms with Crippen LogP contribution in [0.15, 0.2) is 54.9 Å². The van der Waals surface area contributed by atoms with E-state index >= 15 is 0 Å². The molecule has 1 aromatic carbocycles. The quantitative estimate of drug-likeness (QED) is 0.698. The highest BCUT2D eigenvalue weighted by Crippen LogP contribution is 2.13. The highest BCUT2D eigenvalue weighted by Gasteiger charge is 2.22. The molecule has 1 aliphatic rings. The molecule has 0 spiro atoms. The van der Waals surface area contributed by atoms with E-state index in [1.165, 1.54) is 0 Å². The third-order valence-corrected chi connectivity index (χ3v) is 4.97. The van der Waals surface area contributed by atoms with Crippen LogP contribution >= 0.6 is 0 Å². The second-order valence-corrected chi connectivity index (χ2v) is 6.90. The fourth-order valence-electron chi connectivity index (χ4n) is 3.49. The molecule has 3 heterocycles. The van der Waals surface area contributed by atoms with Crippen molar-refractivity contribution >= 4 is 11.6 Å². The summed E-state index contributed by atoms with van der Waals surface area (Å²) in [5.74, 6) is 0.103. The van der Waals surface area contributed by atoms with Crippen molar-refractivity contribution in [1.82, 2.24) is 19.2 Å². The van der Waals surface area contributed by atoms with Crippen LogP contribution in [0.1, 0.15) is 21.6 Å². The molecule has 0 unspecified atom stereocenters. The van der Waals surface area contributed by atoms with E-state index in [0.717, 1.165) is 55.2 Å². The Hall–Kier alpha value is -2.70. The average molecular weight is 364 g/mol. The van der Waals surface area contributed by atoms with Gasteiger partial charge in [-0.15, -0.1) is 0 Å². The van der Waals surface area contributed by atoms with Gasteiger partial charge in [0.15, 0.2) is 0 Å². The highest BCUT2D eigenvalue weighted by atomic mass is 16.5. The van der Waals surface area contributed by atoms with Crippen LogP contribution in [0.2, 0.25) is 0 Å². The van der Waals surface area contributed by atoms with Crippen molar-refractivity contribution in [3.63, 3.8) is 0 Å². The molecule has 6 nitrogen and oxygen atoms in total. The normalized spacial score (nSPS) is 15.4. The monoisotopic (exact) mass is 364 g/mol. The molecular formula is C21H24N4O2. The van der Waals surface area contributed by atoms with Gasteiger partial charge in [-0.3, -0.25) is 9.69 Å². The summed E-state index contributed by atoms with van der Waals surface area (Å²) >= 11 is 0. The lowest BCUT2D eigenvalue weighted by Crippen LogP contribution is -2.48. The number of carbonyl (C=O) groups is 1. The van der Waals surface area contributed by atoms with E-state index in [2.05, 4.69) is 16.1 Å². The van der Waals surface area contributed by atoms with Gasteiger partial charge in [0.1, 0.15) is 5.65 Å². The van der Waals surface area contributed by atoms with Crippen molar-refractivity contribution in [1.29, 1.82) is 0 Å². The molecule has 2 aromatic heterocycles. The van der Waals surface area contributed by atoms with E-state index in [1.54, 1.807) is 7.11 Å². The van der Waals surface area contributed by atoms with E-state index in [-0.39, 0.29) is 5.91 Å². The molecule has 1 amide bonds. The van der Waals surface area contributed by atoms with Crippen molar-refractivity contribution in [2.24, 2.45) is 0 Å². The van der Waals surface area contributed by atoms with Crippen LogP contribution in [-0.2, 0) is 17.9 Å². The lowest BCUT2D eigenvalue weighted by molar-refractivity contribution is 0.0627. The second kappa shape index (κ2) is 7.90. The number of rotatable bonds is 5. The van der Waals surface area contributed by atoms with Gasteiger partial charge in [0.25, 0.3) is 5.91 Å². The van der Waals surface area contributed by atoms with Crippen molar-refractivity contribution in [3.8, 4) is 0 Å². The largest absolute Gasteiger partial charge is 0.380 e. The van der Waals surface area contributed by atoms with E-state index in [4.69, 9.17) is 4.74 Å². The molecule has 140 valence electrons. The number of hydrogen-bond acceptors (Lipinski definition) is 4. The summed E-state index contributed by atoms with van der Waals surface area (Å²) in [6.45, 7) is 4.59. The van der Waals surface area contributed by atoms with Crippen LogP contribution in [0.4, 0.5) is 0 Å². The maximum Gasteiger partial charge on any atom is 0.253 e. The molecule has 0 radical (unpaired) electrons. The topological polar surface area (TPSA) is 50.1 Å². The molecule has 1 aliphatic heterocycles. The average Bonchev–Trinajstić information content (AvgIpc) is 3.11. The number of ether oxygens (including phenoxy) is 1. The summed E-state index contributed by atoms with van der Waals surface area (Å²) < 4.78 is 7.16. The first-order valence-electron chi connectivity index (χ1n) is 9.25. The SMILES string of the molecule is COCc1ccc(C(=O)N2CCN(Cc3cn4ccccc4n3)CC2)cc1. The van der Waals surface area contributed by atoms with Crippen molar-refractivity contribution in [3.05, 3.63) is 71.7 Å². The number of methoxy groups -OCH3 is 1. The summed E-state index contributed by atoms with van der Waals surface area (Å²) in [4.78, 5) is 21.7. The molecule has 6 heteroatoms. The van der Waals surface area contributed by atoms with Gasteiger partial charge < -0.3 is 14.0 Å². The van der Waals surface area contributed by atoms with E-state index in [0.29, 0.717) is 6.61 Å². The Kier molecular flexibility index (Phi) is 5.18. The first kappa shape index (κ1) is 17.7. The summed E-state index contributed by atoms with van der Waals surface area (Å²) in [7, 11) is 1.67. The number of hydrogen-bond donors (Lipinski definition) is 0. The number of aromatic nitrogens is 2. The molecule has 3 aromatic rings. The maximum absolute atomic E-state index is 12.7. The Morgan fingerprint density at radius 3 is 2.56 bits per heavy atom. The van der Waals surface area contributed by atoms with Crippen LogP contribution in [-0.4, -0.2) is 58.4 Å². The lowest BCUT2D eigenvalue weighted by Gasteiger charge is -2.34. The van der Waals surface area contributed by atoms with Crippen molar-refractivity contribution in [2.45, 2.75) is 13.2 Å².